The zero-order valence-electron chi connectivity index (χ0n) is 18.4. The SMILES string of the molecule is CCOC(=O)c1ccccc1NC(=O)Cn1c(N(C)Cc2ccccc2)nc(C)cc1=O. The highest BCUT2D eigenvalue weighted by Crippen LogP contribution is 2.17. The maximum atomic E-state index is 12.8. The molecule has 0 fully saturated rings. The molecule has 0 spiro atoms. The van der Waals surface area contributed by atoms with Crippen molar-refractivity contribution in [3.63, 3.8) is 0 Å². The topological polar surface area (TPSA) is 93.5 Å². The number of carbonyl (C=O) groups is 2. The van der Waals surface area contributed by atoms with E-state index in [-0.39, 0.29) is 24.3 Å². The maximum Gasteiger partial charge on any atom is 0.340 e. The van der Waals surface area contributed by atoms with Crippen LogP contribution in [0.15, 0.2) is 65.5 Å². The smallest absolute Gasteiger partial charge is 0.340 e. The van der Waals surface area contributed by atoms with Crippen LogP contribution in [0, 0.1) is 6.92 Å². The van der Waals surface area contributed by atoms with Gasteiger partial charge in [-0.05, 0) is 31.5 Å². The van der Waals surface area contributed by atoms with Crippen molar-refractivity contribution in [3.8, 4) is 0 Å². The second-order valence-corrected chi connectivity index (χ2v) is 7.28. The molecule has 0 saturated heterocycles. The number of nitrogens with one attached hydrogen (secondary N) is 1. The Hall–Kier alpha value is -3.94. The minimum atomic E-state index is -0.527. The molecule has 0 aliphatic carbocycles. The van der Waals surface area contributed by atoms with E-state index in [9.17, 15) is 14.4 Å². The molecule has 1 N–H and O–H groups in total. The van der Waals surface area contributed by atoms with Crippen LogP contribution in [0.2, 0.25) is 0 Å². The number of aryl methyl sites for hydroxylation is 1. The van der Waals surface area contributed by atoms with Gasteiger partial charge >= 0.3 is 5.97 Å². The summed E-state index contributed by atoms with van der Waals surface area (Å²) >= 11 is 0. The molecule has 0 atom stereocenters. The van der Waals surface area contributed by atoms with E-state index in [4.69, 9.17) is 4.74 Å². The molecular formula is C24H26N4O4. The summed E-state index contributed by atoms with van der Waals surface area (Å²) in [7, 11) is 1.82. The Morgan fingerprint density at radius 2 is 1.78 bits per heavy atom. The first-order valence-electron chi connectivity index (χ1n) is 10.3. The standard InChI is InChI=1S/C24H26N4O4/c1-4-32-23(31)19-12-8-9-13-20(19)26-21(29)16-28-22(30)14-17(2)25-24(28)27(3)15-18-10-6-5-7-11-18/h5-14H,4,15-16H2,1-3H3,(H,26,29). The monoisotopic (exact) mass is 434 g/mol. The van der Waals surface area contributed by atoms with Gasteiger partial charge in [-0.15, -0.1) is 0 Å². The molecule has 1 amide bonds. The van der Waals surface area contributed by atoms with Crippen molar-refractivity contribution in [1.82, 2.24) is 9.55 Å². The number of amides is 1. The molecule has 0 saturated carbocycles. The summed E-state index contributed by atoms with van der Waals surface area (Å²) in [6.45, 7) is 3.94. The highest BCUT2D eigenvalue weighted by molar-refractivity contribution is 6.01. The molecule has 166 valence electrons. The van der Waals surface area contributed by atoms with Crippen LogP contribution in [0.25, 0.3) is 0 Å². The third-order valence-electron chi connectivity index (χ3n) is 4.72. The average Bonchev–Trinajstić information content (AvgIpc) is 2.76. The van der Waals surface area contributed by atoms with Crippen molar-refractivity contribution >= 4 is 23.5 Å². The summed E-state index contributed by atoms with van der Waals surface area (Å²) in [5, 5.41) is 2.71. The van der Waals surface area contributed by atoms with Crippen molar-refractivity contribution < 1.29 is 14.3 Å². The van der Waals surface area contributed by atoms with E-state index in [1.54, 1.807) is 38.1 Å². The fourth-order valence-corrected chi connectivity index (χ4v) is 3.29. The van der Waals surface area contributed by atoms with Gasteiger partial charge in [0.1, 0.15) is 6.54 Å². The Labute approximate surface area is 186 Å². The fourth-order valence-electron chi connectivity index (χ4n) is 3.29. The fraction of sp³-hybridized carbons (Fsp3) is 0.250. The highest BCUT2D eigenvalue weighted by Gasteiger charge is 2.18. The lowest BCUT2D eigenvalue weighted by atomic mass is 10.2. The predicted octanol–water partition coefficient (Wildman–Crippen LogP) is 3.00. The summed E-state index contributed by atoms with van der Waals surface area (Å²) in [6, 6.07) is 17.7. The van der Waals surface area contributed by atoms with Gasteiger partial charge in [0.25, 0.3) is 5.56 Å². The number of aromatic nitrogens is 2. The summed E-state index contributed by atoms with van der Waals surface area (Å²) in [5.41, 5.74) is 1.85. The summed E-state index contributed by atoms with van der Waals surface area (Å²) in [4.78, 5) is 44.0. The van der Waals surface area contributed by atoms with Gasteiger partial charge < -0.3 is 15.0 Å². The van der Waals surface area contributed by atoms with E-state index in [1.165, 1.54) is 10.6 Å². The molecule has 0 unspecified atom stereocenters. The molecule has 8 nitrogen and oxygen atoms in total. The zero-order chi connectivity index (χ0) is 23.1. The molecule has 3 rings (SSSR count). The van der Waals surface area contributed by atoms with Gasteiger partial charge in [0, 0.05) is 25.4 Å². The van der Waals surface area contributed by atoms with Crippen LogP contribution in [-0.2, 0) is 22.6 Å². The highest BCUT2D eigenvalue weighted by atomic mass is 16.5. The van der Waals surface area contributed by atoms with Gasteiger partial charge in [-0.3, -0.25) is 14.2 Å². The summed E-state index contributed by atoms with van der Waals surface area (Å²) < 4.78 is 6.36. The largest absolute Gasteiger partial charge is 0.462 e. The zero-order valence-corrected chi connectivity index (χ0v) is 18.4. The minimum absolute atomic E-state index is 0.225. The number of hydrogen-bond donors (Lipinski definition) is 1. The number of para-hydroxylation sites is 1. The molecule has 0 aliphatic heterocycles. The molecular weight excluding hydrogens is 408 g/mol. The predicted molar refractivity (Wildman–Crippen MR) is 123 cm³/mol. The van der Waals surface area contributed by atoms with Gasteiger partial charge in [-0.1, -0.05) is 42.5 Å². The Morgan fingerprint density at radius 1 is 1.09 bits per heavy atom. The number of esters is 1. The Bertz CT molecular complexity index is 1160. The Morgan fingerprint density at radius 3 is 2.50 bits per heavy atom. The molecule has 1 heterocycles. The van der Waals surface area contributed by atoms with Crippen LogP contribution in [-0.4, -0.2) is 35.1 Å². The molecule has 0 radical (unpaired) electrons. The van der Waals surface area contributed by atoms with Gasteiger partial charge in [-0.2, -0.15) is 0 Å². The third-order valence-corrected chi connectivity index (χ3v) is 4.72. The lowest BCUT2D eigenvalue weighted by Crippen LogP contribution is -2.34. The Kier molecular flexibility index (Phi) is 7.38. The van der Waals surface area contributed by atoms with Crippen LogP contribution in [0.4, 0.5) is 11.6 Å². The molecule has 32 heavy (non-hydrogen) atoms. The Balaban J connectivity index is 1.84. The first-order valence-corrected chi connectivity index (χ1v) is 10.3. The van der Waals surface area contributed by atoms with E-state index < -0.39 is 11.9 Å². The van der Waals surface area contributed by atoms with Crippen LogP contribution in [0.5, 0.6) is 0 Å². The van der Waals surface area contributed by atoms with Crippen molar-refractivity contribution in [2.45, 2.75) is 26.9 Å². The number of rotatable bonds is 8. The molecule has 0 aliphatic rings. The van der Waals surface area contributed by atoms with Gasteiger partial charge in [0.15, 0.2) is 0 Å². The lowest BCUT2D eigenvalue weighted by molar-refractivity contribution is -0.116. The molecule has 2 aromatic carbocycles. The van der Waals surface area contributed by atoms with Crippen LogP contribution < -0.4 is 15.8 Å². The number of anilines is 2. The normalized spacial score (nSPS) is 10.5. The molecule has 3 aromatic rings. The second kappa shape index (κ2) is 10.4. The quantitative estimate of drug-likeness (QED) is 0.548. The van der Waals surface area contributed by atoms with E-state index >= 15 is 0 Å². The summed E-state index contributed by atoms with van der Waals surface area (Å²) in [6.07, 6.45) is 0. The number of ether oxygens (including phenoxy) is 1. The van der Waals surface area contributed by atoms with Gasteiger partial charge in [0.05, 0.1) is 17.9 Å². The second-order valence-electron chi connectivity index (χ2n) is 7.28. The van der Waals surface area contributed by atoms with E-state index in [2.05, 4.69) is 10.3 Å². The third kappa shape index (κ3) is 5.60. The number of nitrogens with zero attached hydrogens (tertiary/aromatic N) is 3. The van der Waals surface area contributed by atoms with E-state index in [1.807, 2.05) is 42.3 Å². The minimum Gasteiger partial charge on any atom is -0.462 e. The molecule has 1 aromatic heterocycles. The van der Waals surface area contributed by atoms with Gasteiger partial charge in [0.2, 0.25) is 11.9 Å². The first kappa shape index (κ1) is 22.7. The molecule has 8 heteroatoms. The number of carbonyl (C=O) groups excluding carboxylic acids is 2. The van der Waals surface area contributed by atoms with Crippen LogP contribution in [0.3, 0.4) is 0 Å². The van der Waals surface area contributed by atoms with E-state index in [0.717, 1.165) is 5.56 Å². The van der Waals surface area contributed by atoms with Crippen molar-refractivity contribution in [2.24, 2.45) is 0 Å². The number of benzene rings is 2. The lowest BCUT2D eigenvalue weighted by Gasteiger charge is -2.22. The summed E-state index contributed by atoms with van der Waals surface area (Å²) in [5.74, 6) is -0.600. The van der Waals surface area contributed by atoms with Crippen LogP contribution in [0.1, 0.15) is 28.5 Å². The maximum absolute atomic E-state index is 12.8. The van der Waals surface area contributed by atoms with Gasteiger partial charge in [-0.25, -0.2) is 9.78 Å². The van der Waals surface area contributed by atoms with Crippen molar-refractivity contribution in [3.05, 3.63) is 87.8 Å². The van der Waals surface area contributed by atoms with Crippen molar-refractivity contribution in [2.75, 3.05) is 23.9 Å². The van der Waals surface area contributed by atoms with Crippen LogP contribution >= 0.6 is 0 Å². The van der Waals surface area contributed by atoms with Crippen molar-refractivity contribution in [1.29, 1.82) is 0 Å². The number of hydrogen-bond acceptors (Lipinski definition) is 6. The average molecular weight is 434 g/mol. The van der Waals surface area contributed by atoms with E-state index in [0.29, 0.717) is 23.9 Å². The first-order chi connectivity index (χ1) is 15.4. The molecule has 0 bridgehead atoms.